The van der Waals surface area contributed by atoms with E-state index in [1.54, 1.807) is 11.3 Å². The summed E-state index contributed by atoms with van der Waals surface area (Å²) in [4.78, 5) is 9.95. The van der Waals surface area contributed by atoms with Crippen LogP contribution in [0, 0.1) is 6.92 Å². The van der Waals surface area contributed by atoms with E-state index in [0.29, 0.717) is 12.4 Å². The zero-order chi connectivity index (χ0) is 13.8. The van der Waals surface area contributed by atoms with Crippen molar-refractivity contribution < 1.29 is 0 Å². The standard InChI is InChI=1S/C12H16ClN5S/c1-3-10-16-11(7(2)12(17-10)18-14)15-6-8-4-5-9(13)19-8/h4-5H,3,6,14H2,1-2H3,(H2,15,16,17,18). The lowest BCUT2D eigenvalue weighted by atomic mass is 10.3. The summed E-state index contributed by atoms with van der Waals surface area (Å²) in [6.07, 6.45) is 0.758. The summed E-state index contributed by atoms with van der Waals surface area (Å²) in [6, 6.07) is 3.89. The molecule has 19 heavy (non-hydrogen) atoms. The number of halogens is 1. The first-order valence-electron chi connectivity index (χ1n) is 5.96. The molecular formula is C12H16ClN5S. The number of rotatable bonds is 5. The van der Waals surface area contributed by atoms with Gasteiger partial charge in [-0.05, 0) is 19.1 Å². The molecule has 0 saturated heterocycles. The summed E-state index contributed by atoms with van der Waals surface area (Å²) in [5.41, 5.74) is 3.51. The van der Waals surface area contributed by atoms with Crippen LogP contribution >= 0.6 is 22.9 Å². The van der Waals surface area contributed by atoms with Gasteiger partial charge in [-0.2, -0.15) is 0 Å². The first-order valence-corrected chi connectivity index (χ1v) is 7.15. The Kier molecular flexibility index (Phi) is 4.57. The van der Waals surface area contributed by atoms with Gasteiger partial charge in [-0.3, -0.25) is 0 Å². The van der Waals surface area contributed by atoms with E-state index in [2.05, 4.69) is 20.7 Å². The molecule has 0 fully saturated rings. The van der Waals surface area contributed by atoms with Crippen LogP contribution in [0.25, 0.3) is 0 Å². The number of nitrogens with zero attached hydrogens (tertiary/aromatic N) is 2. The lowest BCUT2D eigenvalue weighted by Crippen LogP contribution is -2.14. The Morgan fingerprint density at radius 1 is 1.32 bits per heavy atom. The number of aryl methyl sites for hydroxylation is 1. The predicted molar refractivity (Wildman–Crippen MR) is 80.6 cm³/mol. The molecule has 5 nitrogen and oxygen atoms in total. The second-order valence-electron chi connectivity index (χ2n) is 4.02. The summed E-state index contributed by atoms with van der Waals surface area (Å²) >= 11 is 7.46. The van der Waals surface area contributed by atoms with Gasteiger partial charge in [0.15, 0.2) is 0 Å². The van der Waals surface area contributed by atoms with Crippen molar-refractivity contribution in [1.29, 1.82) is 0 Å². The lowest BCUT2D eigenvalue weighted by molar-refractivity contribution is 0.922. The van der Waals surface area contributed by atoms with Crippen LogP contribution in [-0.4, -0.2) is 9.97 Å². The number of hydrogen-bond donors (Lipinski definition) is 3. The molecule has 0 aromatic carbocycles. The van der Waals surface area contributed by atoms with Crippen molar-refractivity contribution in [1.82, 2.24) is 9.97 Å². The maximum absolute atomic E-state index is 5.91. The molecule has 102 valence electrons. The molecule has 0 saturated carbocycles. The largest absolute Gasteiger partial charge is 0.365 e. The predicted octanol–water partition coefficient (Wildman–Crippen LogP) is 2.96. The first-order chi connectivity index (χ1) is 9.13. The van der Waals surface area contributed by atoms with Gasteiger partial charge in [-0.15, -0.1) is 11.3 Å². The van der Waals surface area contributed by atoms with Gasteiger partial charge in [0, 0.05) is 16.9 Å². The van der Waals surface area contributed by atoms with Gasteiger partial charge < -0.3 is 10.7 Å². The Hall–Kier alpha value is -1.37. The van der Waals surface area contributed by atoms with Crippen LogP contribution in [0.15, 0.2) is 12.1 Å². The number of aromatic nitrogens is 2. The van der Waals surface area contributed by atoms with Crippen LogP contribution in [0.5, 0.6) is 0 Å². The molecule has 2 aromatic rings. The number of thiophene rings is 1. The minimum atomic E-state index is 0.651. The third-order valence-electron chi connectivity index (χ3n) is 2.70. The quantitative estimate of drug-likeness (QED) is 0.584. The SMILES string of the molecule is CCc1nc(NN)c(C)c(NCc2ccc(Cl)s2)n1. The molecule has 2 heterocycles. The van der Waals surface area contributed by atoms with E-state index >= 15 is 0 Å². The highest BCUT2D eigenvalue weighted by Crippen LogP contribution is 2.24. The normalized spacial score (nSPS) is 10.5. The van der Waals surface area contributed by atoms with Gasteiger partial charge in [0.2, 0.25) is 0 Å². The third-order valence-corrected chi connectivity index (χ3v) is 3.94. The Labute approximate surface area is 121 Å². The van der Waals surface area contributed by atoms with Gasteiger partial charge in [-0.1, -0.05) is 18.5 Å². The maximum Gasteiger partial charge on any atom is 0.148 e. The summed E-state index contributed by atoms with van der Waals surface area (Å²) in [7, 11) is 0. The topological polar surface area (TPSA) is 75.9 Å². The Balaban J connectivity index is 2.19. The molecule has 2 aromatic heterocycles. The number of anilines is 2. The zero-order valence-electron chi connectivity index (χ0n) is 10.8. The van der Waals surface area contributed by atoms with Crippen molar-refractivity contribution in [2.45, 2.75) is 26.8 Å². The fourth-order valence-corrected chi connectivity index (χ4v) is 2.68. The van der Waals surface area contributed by atoms with Crippen LogP contribution in [0.4, 0.5) is 11.6 Å². The van der Waals surface area contributed by atoms with Gasteiger partial charge in [-0.25, -0.2) is 15.8 Å². The smallest absolute Gasteiger partial charge is 0.148 e. The van der Waals surface area contributed by atoms with Gasteiger partial charge >= 0.3 is 0 Å². The highest BCUT2D eigenvalue weighted by Gasteiger charge is 2.09. The lowest BCUT2D eigenvalue weighted by Gasteiger charge is -2.12. The molecule has 0 aliphatic rings. The van der Waals surface area contributed by atoms with E-state index in [4.69, 9.17) is 17.4 Å². The number of nitrogens with one attached hydrogen (secondary N) is 2. The Morgan fingerprint density at radius 3 is 2.63 bits per heavy atom. The minimum Gasteiger partial charge on any atom is -0.365 e. The van der Waals surface area contributed by atoms with Crippen LogP contribution < -0.4 is 16.6 Å². The number of hydrogen-bond acceptors (Lipinski definition) is 6. The van der Waals surface area contributed by atoms with E-state index in [9.17, 15) is 0 Å². The number of hydrazine groups is 1. The molecule has 0 unspecified atom stereocenters. The van der Waals surface area contributed by atoms with E-state index in [0.717, 1.165) is 32.8 Å². The zero-order valence-corrected chi connectivity index (χ0v) is 12.4. The second-order valence-corrected chi connectivity index (χ2v) is 5.82. The van der Waals surface area contributed by atoms with E-state index < -0.39 is 0 Å². The fraction of sp³-hybridized carbons (Fsp3) is 0.333. The highest BCUT2D eigenvalue weighted by molar-refractivity contribution is 7.16. The van der Waals surface area contributed by atoms with Crippen molar-refractivity contribution >= 4 is 34.6 Å². The molecule has 0 aliphatic carbocycles. The average molecular weight is 298 g/mol. The summed E-state index contributed by atoms with van der Waals surface area (Å²) in [5.74, 6) is 7.67. The minimum absolute atomic E-state index is 0.651. The monoisotopic (exact) mass is 297 g/mol. The second kappa shape index (κ2) is 6.18. The molecule has 7 heteroatoms. The molecule has 0 spiro atoms. The fourth-order valence-electron chi connectivity index (χ4n) is 1.65. The van der Waals surface area contributed by atoms with Crippen molar-refractivity contribution in [3.8, 4) is 0 Å². The third kappa shape index (κ3) is 3.34. The first kappa shape index (κ1) is 14.0. The molecule has 0 atom stereocenters. The van der Waals surface area contributed by atoms with Crippen LogP contribution in [0.2, 0.25) is 4.34 Å². The number of nitrogens with two attached hydrogens (primary N) is 1. The molecular weight excluding hydrogens is 282 g/mol. The summed E-state index contributed by atoms with van der Waals surface area (Å²) in [6.45, 7) is 4.62. The molecule has 2 rings (SSSR count). The summed E-state index contributed by atoms with van der Waals surface area (Å²) in [5, 5.41) is 3.30. The van der Waals surface area contributed by atoms with Gasteiger partial charge in [0.1, 0.15) is 17.5 Å². The van der Waals surface area contributed by atoms with Crippen LogP contribution in [0.1, 0.15) is 23.2 Å². The Bertz CT molecular complexity index is 569. The molecule has 0 aliphatic heterocycles. The maximum atomic E-state index is 5.91. The van der Waals surface area contributed by atoms with Crippen molar-refractivity contribution in [2.24, 2.45) is 5.84 Å². The number of nitrogen functional groups attached to an aromatic ring is 1. The van der Waals surface area contributed by atoms with E-state index in [1.807, 2.05) is 26.0 Å². The molecule has 0 amide bonds. The van der Waals surface area contributed by atoms with Gasteiger partial charge in [0.25, 0.3) is 0 Å². The molecule has 0 bridgehead atoms. The van der Waals surface area contributed by atoms with Crippen molar-refractivity contribution in [3.05, 3.63) is 32.7 Å². The van der Waals surface area contributed by atoms with Gasteiger partial charge in [0.05, 0.1) is 10.9 Å². The Morgan fingerprint density at radius 2 is 2.05 bits per heavy atom. The van der Waals surface area contributed by atoms with Crippen molar-refractivity contribution in [2.75, 3.05) is 10.7 Å². The average Bonchev–Trinajstić information content (AvgIpc) is 2.83. The molecule has 4 N–H and O–H groups in total. The van der Waals surface area contributed by atoms with Crippen LogP contribution in [0.3, 0.4) is 0 Å². The molecule has 0 radical (unpaired) electrons. The summed E-state index contributed by atoms with van der Waals surface area (Å²) < 4.78 is 0.787. The van der Waals surface area contributed by atoms with E-state index in [-0.39, 0.29) is 0 Å². The van der Waals surface area contributed by atoms with E-state index in [1.165, 1.54) is 0 Å². The highest BCUT2D eigenvalue weighted by atomic mass is 35.5. The van der Waals surface area contributed by atoms with Crippen molar-refractivity contribution in [3.63, 3.8) is 0 Å². The van der Waals surface area contributed by atoms with Crippen LogP contribution in [-0.2, 0) is 13.0 Å².